The van der Waals surface area contributed by atoms with Crippen LogP contribution >= 0.6 is 23.2 Å². The number of nitrogens with one attached hydrogen (secondary N) is 1. The first-order valence-corrected chi connectivity index (χ1v) is 14.4. The van der Waals surface area contributed by atoms with E-state index in [1.165, 1.54) is 36.4 Å². The second-order valence-electron chi connectivity index (χ2n) is 10.6. The molecule has 218 valence electrons. The van der Waals surface area contributed by atoms with Crippen molar-refractivity contribution < 1.29 is 18.4 Å². The highest BCUT2D eigenvalue weighted by Gasteiger charge is 2.33. The number of carbonyl (C=O) groups excluding carboxylic acids is 2. The van der Waals surface area contributed by atoms with Gasteiger partial charge in [0.1, 0.15) is 11.6 Å². The number of nitrogens with zero attached hydrogens (tertiary/aromatic N) is 1. The third-order valence-electron chi connectivity index (χ3n) is 7.73. The lowest BCUT2D eigenvalue weighted by molar-refractivity contribution is -0.127. The van der Waals surface area contributed by atoms with Gasteiger partial charge < -0.3 is 16.8 Å². The van der Waals surface area contributed by atoms with Crippen LogP contribution in [0.4, 0.5) is 20.2 Å². The minimum absolute atomic E-state index is 0.0195. The Hall–Kier alpha value is -3.20. The van der Waals surface area contributed by atoms with Gasteiger partial charge in [0.2, 0.25) is 11.8 Å². The normalized spacial score (nSPS) is 17.5. The summed E-state index contributed by atoms with van der Waals surface area (Å²) in [5, 5.41) is 3.18. The maximum absolute atomic E-state index is 13.5. The lowest BCUT2D eigenvalue weighted by Crippen LogP contribution is -2.52. The molecule has 4 rings (SSSR count). The summed E-state index contributed by atoms with van der Waals surface area (Å²) in [4.78, 5) is 26.9. The Kier molecular flexibility index (Phi) is 10.6. The average Bonchev–Trinajstić information content (AvgIpc) is 2.92. The molecule has 1 saturated heterocycles. The van der Waals surface area contributed by atoms with Crippen molar-refractivity contribution in [3.8, 4) is 0 Å². The molecule has 41 heavy (non-hydrogen) atoms. The molecule has 3 aromatic carbocycles. The van der Waals surface area contributed by atoms with E-state index in [2.05, 4.69) is 5.32 Å². The van der Waals surface area contributed by atoms with Crippen LogP contribution in [0.5, 0.6) is 0 Å². The number of rotatable bonds is 11. The Morgan fingerprint density at radius 1 is 0.951 bits per heavy atom. The van der Waals surface area contributed by atoms with Gasteiger partial charge in [0, 0.05) is 11.6 Å². The first-order valence-electron chi connectivity index (χ1n) is 13.7. The van der Waals surface area contributed by atoms with E-state index in [1.54, 1.807) is 29.2 Å². The maximum atomic E-state index is 13.5. The van der Waals surface area contributed by atoms with E-state index >= 15 is 0 Å². The lowest BCUT2D eigenvalue weighted by Gasteiger charge is -2.37. The number of carbonyl (C=O) groups is 2. The number of piperidine rings is 1. The molecule has 1 fully saturated rings. The Labute approximate surface area is 249 Å². The number of primary amides is 1. The number of hydrogen-bond donors (Lipinski definition) is 3. The molecule has 0 aromatic heterocycles. The van der Waals surface area contributed by atoms with Gasteiger partial charge in [0.05, 0.1) is 28.3 Å². The van der Waals surface area contributed by atoms with Crippen molar-refractivity contribution in [1.29, 1.82) is 0 Å². The van der Waals surface area contributed by atoms with Crippen LogP contribution in [0.3, 0.4) is 0 Å². The summed E-state index contributed by atoms with van der Waals surface area (Å²) in [6.45, 7) is 0.539. The highest BCUT2D eigenvalue weighted by Crippen LogP contribution is 2.34. The number of likely N-dealkylation sites (tertiary alicyclic amines) is 1. The molecule has 10 heteroatoms. The van der Waals surface area contributed by atoms with Crippen molar-refractivity contribution in [2.45, 2.75) is 50.5 Å². The summed E-state index contributed by atoms with van der Waals surface area (Å²) >= 11 is 12.4. The molecule has 1 aliphatic rings. The predicted octanol–water partition coefficient (Wildman–Crippen LogP) is 6.75. The van der Waals surface area contributed by atoms with Gasteiger partial charge in [-0.05, 0) is 79.3 Å². The molecule has 6 nitrogen and oxygen atoms in total. The Morgan fingerprint density at radius 3 is 2.05 bits per heavy atom. The average molecular weight is 604 g/mol. The molecule has 1 heterocycles. The molecule has 0 spiro atoms. The predicted molar refractivity (Wildman–Crippen MR) is 160 cm³/mol. The third kappa shape index (κ3) is 8.41. The summed E-state index contributed by atoms with van der Waals surface area (Å²) in [5.74, 6) is -1.08. The maximum Gasteiger partial charge on any atom is 0.238 e. The quantitative estimate of drug-likeness (QED) is 0.167. The Morgan fingerprint density at radius 2 is 1.51 bits per heavy atom. The highest BCUT2D eigenvalue weighted by molar-refractivity contribution is 6.40. The van der Waals surface area contributed by atoms with E-state index in [1.807, 2.05) is 0 Å². The summed E-state index contributed by atoms with van der Waals surface area (Å²) in [7, 11) is 0. The fraction of sp³-hybridized carbons (Fsp3) is 0.355. The van der Waals surface area contributed by atoms with Crippen LogP contribution in [0, 0.1) is 17.6 Å². The van der Waals surface area contributed by atoms with E-state index in [9.17, 15) is 18.4 Å². The van der Waals surface area contributed by atoms with Crippen LogP contribution in [0.1, 0.15) is 55.6 Å². The van der Waals surface area contributed by atoms with Gasteiger partial charge in [-0.3, -0.25) is 14.5 Å². The molecule has 2 atom stereocenters. The molecule has 2 amide bonds. The van der Waals surface area contributed by atoms with Crippen LogP contribution < -0.4 is 16.8 Å². The molecule has 5 N–H and O–H groups in total. The molecule has 0 bridgehead atoms. The smallest absolute Gasteiger partial charge is 0.238 e. The van der Waals surface area contributed by atoms with Crippen molar-refractivity contribution >= 4 is 46.4 Å². The largest absolute Gasteiger partial charge is 0.399 e. The van der Waals surface area contributed by atoms with Crippen LogP contribution in [-0.2, 0) is 9.59 Å². The summed E-state index contributed by atoms with van der Waals surface area (Å²) in [6, 6.07) is 15.4. The summed E-state index contributed by atoms with van der Waals surface area (Å²) in [5.41, 5.74) is 14.1. The van der Waals surface area contributed by atoms with Crippen molar-refractivity contribution in [3.05, 3.63) is 93.5 Å². The van der Waals surface area contributed by atoms with Gasteiger partial charge in [0.25, 0.3) is 0 Å². The number of amides is 2. The summed E-state index contributed by atoms with van der Waals surface area (Å²) < 4.78 is 27.0. The van der Waals surface area contributed by atoms with Crippen LogP contribution in [0.2, 0.25) is 10.0 Å². The SMILES string of the molecule is NC(=O)[C@H]1CC(CCCCC(c2ccc(F)cc2)c2ccc(F)cc2)CCN1CC(=O)Nc1c(Cl)cc(N)cc1Cl. The lowest BCUT2D eigenvalue weighted by atomic mass is 9.84. The van der Waals surface area contributed by atoms with Gasteiger partial charge in [-0.1, -0.05) is 66.7 Å². The Bertz CT molecular complexity index is 1290. The monoisotopic (exact) mass is 602 g/mol. The highest BCUT2D eigenvalue weighted by atomic mass is 35.5. The van der Waals surface area contributed by atoms with E-state index in [4.69, 9.17) is 34.7 Å². The molecule has 1 unspecified atom stereocenters. The second kappa shape index (κ2) is 14.1. The number of benzene rings is 3. The van der Waals surface area contributed by atoms with Crippen LogP contribution in [0.25, 0.3) is 0 Å². The van der Waals surface area contributed by atoms with Crippen molar-refractivity contribution in [2.75, 3.05) is 24.1 Å². The third-order valence-corrected chi connectivity index (χ3v) is 8.32. The minimum atomic E-state index is -0.553. The molecular formula is C31H34Cl2F2N4O2. The van der Waals surface area contributed by atoms with Gasteiger partial charge in [0.15, 0.2) is 0 Å². The zero-order valence-electron chi connectivity index (χ0n) is 22.6. The minimum Gasteiger partial charge on any atom is -0.399 e. The number of nitrogens with two attached hydrogens (primary N) is 2. The van der Waals surface area contributed by atoms with Gasteiger partial charge in [-0.2, -0.15) is 0 Å². The molecule has 0 radical (unpaired) electrons. The fourth-order valence-corrected chi connectivity index (χ4v) is 6.21. The molecular weight excluding hydrogens is 569 g/mol. The van der Waals surface area contributed by atoms with Crippen LogP contribution in [-0.4, -0.2) is 35.8 Å². The van der Waals surface area contributed by atoms with Gasteiger partial charge >= 0.3 is 0 Å². The van der Waals surface area contributed by atoms with Crippen molar-refractivity contribution in [3.63, 3.8) is 0 Å². The van der Waals surface area contributed by atoms with E-state index in [-0.39, 0.29) is 45.7 Å². The molecule has 3 aromatic rings. The van der Waals surface area contributed by atoms with Crippen molar-refractivity contribution in [1.82, 2.24) is 4.90 Å². The number of halogens is 4. The second-order valence-corrected chi connectivity index (χ2v) is 11.4. The van der Waals surface area contributed by atoms with E-state index < -0.39 is 11.9 Å². The molecule has 0 aliphatic carbocycles. The summed E-state index contributed by atoms with van der Waals surface area (Å²) in [6.07, 6.45) is 4.99. The van der Waals surface area contributed by atoms with Crippen molar-refractivity contribution in [2.24, 2.45) is 11.7 Å². The molecule has 0 saturated carbocycles. The first kappa shape index (κ1) is 30.8. The first-order chi connectivity index (χ1) is 19.6. The zero-order valence-corrected chi connectivity index (χ0v) is 24.1. The van der Waals surface area contributed by atoms with Gasteiger partial charge in [-0.15, -0.1) is 0 Å². The fourth-order valence-electron chi connectivity index (χ4n) is 5.61. The van der Waals surface area contributed by atoms with Crippen LogP contribution in [0.15, 0.2) is 60.7 Å². The van der Waals surface area contributed by atoms with E-state index in [0.717, 1.165) is 43.2 Å². The number of hydrogen-bond acceptors (Lipinski definition) is 4. The Balaban J connectivity index is 1.30. The number of anilines is 2. The number of unbranched alkanes of at least 4 members (excludes halogenated alkanes) is 1. The zero-order chi connectivity index (χ0) is 29.5. The topological polar surface area (TPSA) is 101 Å². The van der Waals surface area contributed by atoms with Gasteiger partial charge in [-0.25, -0.2) is 8.78 Å². The van der Waals surface area contributed by atoms with E-state index in [0.29, 0.717) is 24.6 Å². The number of nitrogen functional groups attached to an aromatic ring is 1. The molecule has 1 aliphatic heterocycles. The standard InChI is InChI=1S/C31H34Cl2F2N4O2/c32-26-16-24(36)17-27(33)30(26)38-29(40)18-39-14-13-19(15-28(39)31(37)41)3-1-2-4-25(20-5-9-22(34)10-6-20)21-7-11-23(35)12-8-21/h5-12,16-17,19,25,28H,1-4,13-15,18,36H2,(H2,37,41)(H,38,40)/t19?,28-/m1/s1.